The summed E-state index contributed by atoms with van der Waals surface area (Å²) in [5, 5.41) is 6.66. The van der Waals surface area contributed by atoms with Gasteiger partial charge in [-0.25, -0.2) is 0 Å². The highest BCUT2D eigenvalue weighted by atomic mass is 16.5. The Morgan fingerprint density at radius 1 is 1.29 bits per heavy atom. The maximum absolute atomic E-state index is 5.92. The van der Waals surface area contributed by atoms with Crippen molar-refractivity contribution < 1.29 is 4.74 Å². The molecule has 0 saturated heterocycles. The van der Waals surface area contributed by atoms with E-state index in [2.05, 4.69) is 35.5 Å². The van der Waals surface area contributed by atoms with Gasteiger partial charge in [0, 0.05) is 25.7 Å². The minimum Gasteiger partial charge on any atom is -0.493 e. The van der Waals surface area contributed by atoms with E-state index >= 15 is 0 Å². The van der Waals surface area contributed by atoms with Crippen molar-refractivity contribution in [2.24, 2.45) is 16.8 Å². The van der Waals surface area contributed by atoms with E-state index in [0.717, 1.165) is 37.3 Å². The number of guanidine groups is 1. The van der Waals surface area contributed by atoms with Crippen LogP contribution in [-0.4, -0.2) is 26.2 Å². The largest absolute Gasteiger partial charge is 0.493 e. The summed E-state index contributed by atoms with van der Waals surface area (Å²) in [5.41, 5.74) is 1.17. The molecule has 0 unspecified atom stereocenters. The predicted molar refractivity (Wildman–Crippen MR) is 87.7 cm³/mol. The first-order valence-corrected chi connectivity index (χ1v) is 7.84. The number of ether oxygens (including phenoxy) is 1. The van der Waals surface area contributed by atoms with E-state index in [1.807, 2.05) is 18.2 Å². The number of nitrogens with one attached hydrogen (secondary N) is 2. The minimum absolute atomic E-state index is 0.595. The molecular formula is C17H27N3O. The molecule has 1 aromatic rings. The summed E-state index contributed by atoms with van der Waals surface area (Å²) in [5.74, 6) is 3.18. The molecule has 1 aliphatic carbocycles. The van der Waals surface area contributed by atoms with E-state index in [1.54, 1.807) is 7.05 Å². The quantitative estimate of drug-likeness (QED) is 0.599. The van der Waals surface area contributed by atoms with Crippen molar-refractivity contribution in [2.75, 3.05) is 20.2 Å². The zero-order valence-corrected chi connectivity index (χ0v) is 13.4. The molecule has 1 saturated carbocycles. The van der Waals surface area contributed by atoms with Crippen LogP contribution >= 0.6 is 0 Å². The highest BCUT2D eigenvalue weighted by Crippen LogP contribution is 2.30. The fraction of sp³-hybridized carbons (Fsp3) is 0.588. The molecule has 0 aliphatic heterocycles. The molecule has 0 atom stereocenters. The Hall–Kier alpha value is -1.71. The van der Waals surface area contributed by atoms with Crippen LogP contribution in [0.4, 0.5) is 0 Å². The minimum atomic E-state index is 0.595. The van der Waals surface area contributed by atoms with E-state index in [1.165, 1.54) is 18.4 Å². The molecule has 116 valence electrons. The molecule has 21 heavy (non-hydrogen) atoms. The zero-order valence-electron chi connectivity index (χ0n) is 13.4. The first-order valence-electron chi connectivity index (χ1n) is 7.84. The summed E-state index contributed by atoms with van der Waals surface area (Å²) in [7, 11) is 1.80. The fourth-order valence-corrected chi connectivity index (χ4v) is 1.98. The number of para-hydroxylation sites is 1. The van der Waals surface area contributed by atoms with Crippen LogP contribution < -0.4 is 15.4 Å². The van der Waals surface area contributed by atoms with Gasteiger partial charge in [-0.05, 0) is 30.7 Å². The Bertz CT molecular complexity index is 467. The third-order valence-corrected chi connectivity index (χ3v) is 3.49. The smallest absolute Gasteiger partial charge is 0.191 e. The molecule has 0 heterocycles. The number of aliphatic imine (C=N–C) groups is 1. The molecule has 1 fully saturated rings. The lowest BCUT2D eigenvalue weighted by molar-refractivity contribution is 0.296. The number of hydrogen-bond donors (Lipinski definition) is 2. The molecule has 0 radical (unpaired) electrons. The molecular weight excluding hydrogens is 262 g/mol. The lowest BCUT2D eigenvalue weighted by Crippen LogP contribution is -2.38. The average molecular weight is 289 g/mol. The lowest BCUT2D eigenvalue weighted by atomic mass is 10.2. The molecule has 2 N–H and O–H groups in total. The normalized spacial score (nSPS) is 15.1. The topological polar surface area (TPSA) is 45.7 Å². The van der Waals surface area contributed by atoms with Gasteiger partial charge in [0.15, 0.2) is 5.96 Å². The maximum Gasteiger partial charge on any atom is 0.191 e. The SMILES string of the molecule is CN=C(NCc1ccccc1OCC1CC1)NCC(C)C. The van der Waals surface area contributed by atoms with Gasteiger partial charge in [-0.2, -0.15) is 0 Å². The molecule has 1 aliphatic rings. The van der Waals surface area contributed by atoms with Gasteiger partial charge in [0.05, 0.1) is 6.61 Å². The third kappa shape index (κ3) is 5.66. The molecule has 0 aromatic heterocycles. The molecule has 0 spiro atoms. The van der Waals surface area contributed by atoms with E-state index < -0.39 is 0 Å². The van der Waals surface area contributed by atoms with Crippen LogP contribution in [0.3, 0.4) is 0 Å². The van der Waals surface area contributed by atoms with Crippen LogP contribution in [0, 0.1) is 11.8 Å². The second kappa shape index (κ2) is 7.91. The van der Waals surface area contributed by atoms with Crippen molar-refractivity contribution >= 4 is 5.96 Å². The summed E-state index contributed by atoms with van der Waals surface area (Å²) >= 11 is 0. The fourth-order valence-electron chi connectivity index (χ4n) is 1.98. The molecule has 1 aromatic carbocycles. The van der Waals surface area contributed by atoms with Crippen LogP contribution in [0.2, 0.25) is 0 Å². The maximum atomic E-state index is 5.92. The first-order chi connectivity index (χ1) is 10.2. The second-order valence-electron chi connectivity index (χ2n) is 6.06. The number of nitrogens with zero attached hydrogens (tertiary/aromatic N) is 1. The van der Waals surface area contributed by atoms with E-state index in [0.29, 0.717) is 5.92 Å². The number of hydrogen-bond acceptors (Lipinski definition) is 2. The number of rotatable bonds is 7. The first kappa shape index (κ1) is 15.7. The Kier molecular flexibility index (Phi) is 5.90. The molecule has 4 nitrogen and oxygen atoms in total. The highest BCUT2D eigenvalue weighted by Gasteiger charge is 2.22. The van der Waals surface area contributed by atoms with Crippen LogP contribution in [0.1, 0.15) is 32.3 Å². The molecule has 2 rings (SSSR count). The van der Waals surface area contributed by atoms with Gasteiger partial charge in [-0.15, -0.1) is 0 Å². The van der Waals surface area contributed by atoms with Crippen LogP contribution in [0.5, 0.6) is 5.75 Å². The van der Waals surface area contributed by atoms with Crippen molar-refractivity contribution in [3.8, 4) is 5.75 Å². The third-order valence-electron chi connectivity index (χ3n) is 3.49. The van der Waals surface area contributed by atoms with Gasteiger partial charge in [0.25, 0.3) is 0 Å². The van der Waals surface area contributed by atoms with E-state index in [9.17, 15) is 0 Å². The monoisotopic (exact) mass is 289 g/mol. The van der Waals surface area contributed by atoms with Crippen molar-refractivity contribution in [2.45, 2.75) is 33.2 Å². The Balaban J connectivity index is 1.85. The van der Waals surface area contributed by atoms with Crippen LogP contribution in [-0.2, 0) is 6.54 Å². The van der Waals surface area contributed by atoms with Gasteiger partial charge >= 0.3 is 0 Å². The summed E-state index contributed by atoms with van der Waals surface area (Å²) in [6.07, 6.45) is 2.62. The van der Waals surface area contributed by atoms with E-state index in [-0.39, 0.29) is 0 Å². The van der Waals surface area contributed by atoms with E-state index in [4.69, 9.17) is 4.74 Å². The summed E-state index contributed by atoms with van der Waals surface area (Å²) in [6, 6.07) is 8.22. The van der Waals surface area contributed by atoms with Crippen molar-refractivity contribution in [3.05, 3.63) is 29.8 Å². The average Bonchev–Trinajstić information content (AvgIpc) is 3.30. The Morgan fingerprint density at radius 2 is 2.05 bits per heavy atom. The molecule has 4 heteroatoms. The Morgan fingerprint density at radius 3 is 2.71 bits per heavy atom. The number of benzene rings is 1. The summed E-state index contributed by atoms with van der Waals surface area (Å²) in [6.45, 7) is 6.85. The predicted octanol–water partition coefficient (Wildman–Crippen LogP) is 2.80. The van der Waals surface area contributed by atoms with Crippen molar-refractivity contribution in [1.82, 2.24) is 10.6 Å². The standard InChI is InChI=1S/C17H27N3O/c1-13(2)10-19-17(18-3)20-11-15-6-4-5-7-16(15)21-12-14-8-9-14/h4-7,13-14H,8-12H2,1-3H3,(H2,18,19,20). The second-order valence-corrected chi connectivity index (χ2v) is 6.06. The van der Waals surface area contributed by atoms with Crippen LogP contribution in [0.15, 0.2) is 29.3 Å². The summed E-state index contributed by atoms with van der Waals surface area (Å²) < 4.78 is 5.92. The van der Waals surface area contributed by atoms with Crippen LogP contribution in [0.25, 0.3) is 0 Å². The van der Waals surface area contributed by atoms with Gasteiger partial charge in [0.1, 0.15) is 5.75 Å². The van der Waals surface area contributed by atoms with Gasteiger partial charge in [-0.1, -0.05) is 32.0 Å². The Labute approximate surface area is 128 Å². The highest BCUT2D eigenvalue weighted by molar-refractivity contribution is 5.79. The molecule has 0 bridgehead atoms. The van der Waals surface area contributed by atoms with Gasteiger partial charge in [-0.3, -0.25) is 4.99 Å². The van der Waals surface area contributed by atoms with Crippen molar-refractivity contribution in [3.63, 3.8) is 0 Å². The molecule has 0 amide bonds. The zero-order chi connectivity index (χ0) is 15.1. The summed E-state index contributed by atoms with van der Waals surface area (Å²) in [4.78, 5) is 4.24. The van der Waals surface area contributed by atoms with Gasteiger partial charge in [0.2, 0.25) is 0 Å². The van der Waals surface area contributed by atoms with Gasteiger partial charge < -0.3 is 15.4 Å². The van der Waals surface area contributed by atoms with Crippen molar-refractivity contribution in [1.29, 1.82) is 0 Å². The lowest BCUT2D eigenvalue weighted by Gasteiger charge is -2.15.